The Kier molecular flexibility index (Phi) is 9.29. The van der Waals surface area contributed by atoms with Crippen LogP contribution in [0.3, 0.4) is 0 Å². The van der Waals surface area contributed by atoms with E-state index in [1.807, 2.05) is 36.4 Å². The zero-order chi connectivity index (χ0) is 26.5. The first kappa shape index (κ1) is 28.3. The third kappa shape index (κ3) is 7.36. The molecule has 3 aromatic rings. The van der Waals surface area contributed by atoms with Crippen LogP contribution in [-0.2, 0) is 28.6 Å². The lowest BCUT2D eigenvalue weighted by Gasteiger charge is -2.27. The number of benzene rings is 2. The second kappa shape index (κ2) is 11.8. The Balaban J connectivity index is 1.76. The fourth-order valence-electron chi connectivity index (χ4n) is 3.43. The summed E-state index contributed by atoms with van der Waals surface area (Å²) in [6, 6.07) is 13.0. The lowest BCUT2D eigenvalue weighted by atomic mass is 9.78. The molecular formula is C24H27Cl3N4O4S. The summed E-state index contributed by atoms with van der Waals surface area (Å²) >= 11 is 18.6. The van der Waals surface area contributed by atoms with Gasteiger partial charge in [-0.15, -0.1) is 11.6 Å². The third-order valence-corrected chi connectivity index (χ3v) is 6.59. The number of nitrogens with one attached hydrogen (secondary N) is 1. The van der Waals surface area contributed by atoms with Gasteiger partial charge in [-0.25, -0.2) is 18.4 Å². The Hall–Kier alpha value is -2.30. The van der Waals surface area contributed by atoms with Crippen molar-refractivity contribution in [2.75, 3.05) is 23.5 Å². The topological polar surface area (TPSA) is 116 Å². The third-order valence-electron chi connectivity index (χ3n) is 5.32. The molecule has 1 heterocycles. The average Bonchev–Trinajstić information content (AvgIpc) is 2.81. The summed E-state index contributed by atoms with van der Waals surface area (Å²) in [7, 11) is -3.53. The molecule has 0 radical (unpaired) electrons. The first-order valence-corrected chi connectivity index (χ1v) is 14.1. The smallest absolute Gasteiger partial charge is 0.237 e. The number of nitrogens with two attached hydrogens (primary N) is 1. The molecule has 0 spiro atoms. The minimum Gasteiger partial charge on any atom is -0.489 e. The van der Waals surface area contributed by atoms with Crippen LogP contribution < -0.4 is 19.9 Å². The van der Waals surface area contributed by atoms with E-state index in [0.29, 0.717) is 45.4 Å². The van der Waals surface area contributed by atoms with Gasteiger partial charge < -0.3 is 15.2 Å². The first-order valence-electron chi connectivity index (χ1n) is 10.9. The highest BCUT2D eigenvalue weighted by atomic mass is 35.5. The van der Waals surface area contributed by atoms with Gasteiger partial charge in [0.05, 0.1) is 33.6 Å². The van der Waals surface area contributed by atoms with Gasteiger partial charge in [0.15, 0.2) is 5.75 Å². The van der Waals surface area contributed by atoms with E-state index >= 15 is 0 Å². The number of alkyl halides is 1. The SMILES string of the molecule is CC(C)(c1ccc(OCc2cc(CN)nc(NS(C)(=O)=O)n2)cc1)c1cc(Cl)c(OCCCl)c(Cl)c1. The van der Waals surface area contributed by atoms with E-state index in [2.05, 4.69) is 28.5 Å². The van der Waals surface area contributed by atoms with Crippen molar-refractivity contribution < 1.29 is 17.9 Å². The lowest BCUT2D eigenvalue weighted by Crippen LogP contribution is -2.19. The average molecular weight is 574 g/mol. The van der Waals surface area contributed by atoms with E-state index < -0.39 is 15.4 Å². The van der Waals surface area contributed by atoms with E-state index in [4.69, 9.17) is 50.0 Å². The predicted molar refractivity (Wildman–Crippen MR) is 144 cm³/mol. The van der Waals surface area contributed by atoms with E-state index in [9.17, 15) is 8.42 Å². The van der Waals surface area contributed by atoms with Crippen molar-refractivity contribution in [2.45, 2.75) is 32.4 Å². The van der Waals surface area contributed by atoms with Gasteiger partial charge in [-0.05, 0) is 41.5 Å². The van der Waals surface area contributed by atoms with Gasteiger partial charge in [0, 0.05) is 12.0 Å². The van der Waals surface area contributed by atoms with E-state index in [1.54, 1.807) is 6.07 Å². The molecule has 0 aliphatic rings. The molecule has 8 nitrogen and oxygen atoms in total. The zero-order valence-corrected chi connectivity index (χ0v) is 23.1. The Bertz CT molecular complexity index is 1300. The van der Waals surface area contributed by atoms with Crippen molar-refractivity contribution in [3.8, 4) is 11.5 Å². The minimum absolute atomic E-state index is 0.0486. The molecule has 0 amide bonds. The van der Waals surface area contributed by atoms with Crippen molar-refractivity contribution >= 4 is 50.8 Å². The second-order valence-electron chi connectivity index (χ2n) is 8.50. The number of ether oxygens (including phenoxy) is 2. The molecule has 3 rings (SSSR count). The van der Waals surface area contributed by atoms with Crippen molar-refractivity contribution in [1.82, 2.24) is 9.97 Å². The monoisotopic (exact) mass is 572 g/mol. The van der Waals surface area contributed by atoms with Crippen LogP contribution in [0.25, 0.3) is 0 Å². The van der Waals surface area contributed by atoms with Gasteiger partial charge in [0.1, 0.15) is 19.0 Å². The quantitative estimate of drug-likeness (QED) is 0.305. The summed E-state index contributed by atoms with van der Waals surface area (Å²) in [5.41, 5.74) is 8.18. The molecule has 36 heavy (non-hydrogen) atoms. The molecule has 0 aliphatic carbocycles. The van der Waals surface area contributed by atoms with Crippen LogP contribution in [0, 0.1) is 0 Å². The molecule has 3 N–H and O–H groups in total. The molecule has 0 saturated heterocycles. The van der Waals surface area contributed by atoms with Crippen LogP contribution in [-0.4, -0.2) is 37.1 Å². The fraction of sp³-hybridized carbons (Fsp3) is 0.333. The summed E-state index contributed by atoms with van der Waals surface area (Å²) in [6.07, 6.45) is 1.02. The number of aromatic nitrogens is 2. The molecule has 0 bridgehead atoms. The van der Waals surface area contributed by atoms with E-state index in [0.717, 1.165) is 17.4 Å². The molecule has 0 saturated carbocycles. The predicted octanol–water partition coefficient (Wildman–Crippen LogP) is 5.14. The molecule has 0 aliphatic heterocycles. The normalized spacial score (nSPS) is 11.9. The van der Waals surface area contributed by atoms with Gasteiger partial charge in [-0.1, -0.05) is 49.2 Å². The van der Waals surface area contributed by atoms with Crippen LogP contribution in [0.4, 0.5) is 5.95 Å². The second-order valence-corrected chi connectivity index (χ2v) is 11.4. The summed E-state index contributed by atoms with van der Waals surface area (Å²) in [6.45, 7) is 4.67. The highest BCUT2D eigenvalue weighted by Gasteiger charge is 2.25. The van der Waals surface area contributed by atoms with Crippen LogP contribution >= 0.6 is 34.8 Å². The molecular weight excluding hydrogens is 547 g/mol. The molecule has 0 fully saturated rings. The van der Waals surface area contributed by atoms with Crippen LogP contribution in [0.1, 0.15) is 36.4 Å². The van der Waals surface area contributed by atoms with Gasteiger partial charge in [-0.3, -0.25) is 4.72 Å². The van der Waals surface area contributed by atoms with E-state index in [1.165, 1.54) is 0 Å². The maximum Gasteiger partial charge on any atom is 0.237 e. The van der Waals surface area contributed by atoms with Crippen LogP contribution in [0.5, 0.6) is 11.5 Å². The van der Waals surface area contributed by atoms with E-state index in [-0.39, 0.29) is 19.1 Å². The highest BCUT2D eigenvalue weighted by molar-refractivity contribution is 7.91. The molecule has 12 heteroatoms. The van der Waals surface area contributed by atoms with Gasteiger partial charge >= 0.3 is 0 Å². The van der Waals surface area contributed by atoms with Crippen molar-refractivity contribution in [3.63, 3.8) is 0 Å². The molecule has 0 unspecified atom stereocenters. The van der Waals surface area contributed by atoms with Crippen LogP contribution in [0.15, 0.2) is 42.5 Å². The Morgan fingerprint density at radius 1 is 0.972 bits per heavy atom. The number of hydrogen-bond acceptors (Lipinski definition) is 7. The Labute approximate surface area is 226 Å². The molecule has 2 aromatic carbocycles. The summed E-state index contributed by atoms with van der Waals surface area (Å²) in [4.78, 5) is 8.27. The molecule has 194 valence electrons. The Morgan fingerprint density at radius 3 is 2.14 bits per heavy atom. The maximum absolute atomic E-state index is 11.5. The number of anilines is 1. The fourth-order valence-corrected chi connectivity index (χ4v) is 4.53. The lowest BCUT2D eigenvalue weighted by molar-refractivity contribution is 0.301. The highest BCUT2D eigenvalue weighted by Crippen LogP contribution is 2.40. The van der Waals surface area contributed by atoms with Gasteiger partial charge in [0.25, 0.3) is 0 Å². The molecule has 1 aromatic heterocycles. The van der Waals surface area contributed by atoms with Gasteiger partial charge in [0.2, 0.25) is 16.0 Å². The zero-order valence-electron chi connectivity index (χ0n) is 20.0. The number of rotatable bonds is 11. The largest absolute Gasteiger partial charge is 0.489 e. The number of sulfonamides is 1. The Morgan fingerprint density at radius 2 is 1.58 bits per heavy atom. The summed E-state index contributed by atoms with van der Waals surface area (Å²) < 4.78 is 36.7. The van der Waals surface area contributed by atoms with Crippen molar-refractivity contribution in [1.29, 1.82) is 0 Å². The number of halogens is 3. The summed E-state index contributed by atoms with van der Waals surface area (Å²) in [5, 5.41) is 0.837. The maximum atomic E-state index is 11.5. The molecule has 0 atom stereocenters. The standard InChI is InChI=1S/C24H27Cl3N4O4S/c1-24(2,16-10-20(26)22(21(27)11-16)34-9-8-25)15-4-6-19(7-5-15)35-14-18-12-17(13-28)29-23(30-18)31-36(3,32)33/h4-7,10-12H,8-9,13-14,28H2,1-3H3,(H,29,30,31). The number of hydrogen-bond donors (Lipinski definition) is 2. The minimum atomic E-state index is -3.53. The van der Waals surface area contributed by atoms with Crippen molar-refractivity contribution in [3.05, 3.63) is 75.0 Å². The first-order chi connectivity index (χ1) is 16.9. The van der Waals surface area contributed by atoms with Crippen molar-refractivity contribution in [2.24, 2.45) is 5.73 Å². The summed E-state index contributed by atoms with van der Waals surface area (Å²) in [5.74, 6) is 1.31. The van der Waals surface area contributed by atoms with Gasteiger partial charge in [-0.2, -0.15) is 0 Å². The number of nitrogens with zero attached hydrogens (tertiary/aromatic N) is 2. The van der Waals surface area contributed by atoms with Crippen LogP contribution in [0.2, 0.25) is 10.0 Å².